The Bertz CT molecular complexity index is 2110. The second-order valence-corrected chi connectivity index (χ2v) is 12.1. The second-order valence-electron chi connectivity index (χ2n) is 12.1. The first-order valence-corrected chi connectivity index (χ1v) is 17.8. The van der Waals surface area contributed by atoms with Crippen LogP contribution in [0.1, 0.15) is 47.8 Å². The molecular weight excluding hydrogens is 736 g/mol. The van der Waals surface area contributed by atoms with Crippen LogP contribution < -0.4 is 23.8 Å². The van der Waals surface area contributed by atoms with E-state index in [0.29, 0.717) is 62.9 Å². The molecule has 13 heteroatoms. The van der Waals surface area contributed by atoms with Gasteiger partial charge in [0.15, 0.2) is 5.75 Å². The lowest BCUT2D eigenvalue weighted by Gasteiger charge is -2.12. The summed E-state index contributed by atoms with van der Waals surface area (Å²) in [6, 6.07) is 32.0. The molecule has 0 heterocycles. The lowest BCUT2D eigenvalue weighted by molar-refractivity contribution is -0.217. The van der Waals surface area contributed by atoms with Crippen LogP contribution in [0.25, 0.3) is 0 Å². The third-order valence-electron chi connectivity index (χ3n) is 8.16. The number of esters is 1. The Labute approximate surface area is 329 Å². The molecule has 0 saturated heterocycles. The van der Waals surface area contributed by atoms with Crippen molar-refractivity contribution in [1.29, 1.82) is 0 Å². The van der Waals surface area contributed by atoms with Crippen LogP contribution in [0.2, 0.25) is 0 Å². The molecule has 0 unspecified atom stereocenters. The van der Waals surface area contributed by atoms with Gasteiger partial charge in [0.2, 0.25) is 0 Å². The Morgan fingerprint density at radius 1 is 0.544 bits per heavy atom. The zero-order valence-electron chi connectivity index (χ0n) is 30.8. The highest BCUT2D eigenvalue weighted by Gasteiger charge is 2.20. The Balaban J connectivity index is 0.927. The monoisotopic (exact) mass is 776 g/mol. The first-order chi connectivity index (χ1) is 27.8. The number of hydrogen-bond acceptors (Lipinski definition) is 11. The average molecular weight is 777 g/mol. The summed E-state index contributed by atoms with van der Waals surface area (Å²) in [5.74, 6) is -1.28. The predicted molar refractivity (Wildman–Crippen MR) is 206 cm³/mol. The normalized spacial score (nSPS) is 10.6. The maximum atomic E-state index is 12.6. The van der Waals surface area contributed by atoms with Gasteiger partial charge >= 0.3 is 17.9 Å². The van der Waals surface area contributed by atoms with Crippen molar-refractivity contribution in [2.24, 2.45) is 0 Å². The summed E-state index contributed by atoms with van der Waals surface area (Å²) in [6.45, 7) is 2.27. The van der Waals surface area contributed by atoms with Gasteiger partial charge in [0.1, 0.15) is 48.9 Å². The molecular formula is C44H40O13. The molecule has 0 radical (unpaired) electrons. The van der Waals surface area contributed by atoms with Gasteiger partial charge in [-0.05, 0) is 96.3 Å². The van der Waals surface area contributed by atoms with Gasteiger partial charge in [-0.25, -0.2) is 14.4 Å². The molecule has 0 aromatic heterocycles. The topological polar surface area (TPSA) is 166 Å². The molecule has 5 rings (SSSR count). The number of ether oxygens (including phenoxy) is 6. The van der Waals surface area contributed by atoms with Crippen LogP contribution in [0.4, 0.5) is 0 Å². The van der Waals surface area contributed by atoms with E-state index in [-0.39, 0.29) is 41.4 Å². The number of aromatic carboxylic acids is 2. The maximum Gasteiger partial charge on any atom is 0.344 e. The fourth-order valence-corrected chi connectivity index (χ4v) is 5.28. The van der Waals surface area contributed by atoms with Gasteiger partial charge < -0.3 is 43.5 Å². The van der Waals surface area contributed by atoms with Crippen molar-refractivity contribution in [2.45, 2.75) is 19.4 Å². The van der Waals surface area contributed by atoms with Gasteiger partial charge in [-0.3, -0.25) is 0 Å². The highest BCUT2D eigenvalue weighted by molar-refractivity contribution is 6.03. The van der Waals surface area contributed by atoms with E-state index in [1.807, 2.05) is 48.6 Å². The average Bonchev–Trinajstić information content (AvgIpc) is 3.22. The molecule has 0 aliphatic carbocycles. The summed E-state index contributed by atoms with van der Waals surface area (Å²) >= 11 is 0. The van der Waals surface area contributed by atoms with E-state index in [1.165, 1.54) is 18.2 Å². The number of carboxylic acids is 2. The van der Waals surface area contributed by atoms with Crippen molar-refractivity contribution in [3.8, 4) is 41.3 Å². The molecule has 2 N–H and O–H groups in total. The van der Waals surface area contributed by atoms with Crippen LogP contribution in [0.3, 0.4) is 0 Å². The largest absolute Gasteiger partial charge is 0.490 e. The molecule has 0 aliphatic heterocycles. The smallest absolute Gasteiger partial charge is 0.344 e. The molecule has 57 heavy (non-hydrogen) atoms. The summed E-state index contributed by atoms with van der Waals surface area (Å²) in [5, 5.41) is 19.2. The molecule has 0 amide bonds. The number of carboxylic acid groups (broad SMARTS) is 2. The molecule has 0 saturated carbocycles. The van der Waals surface area contributed by atoms with Gasteiger partial charge in [0.25, 0.3) is 0 Å². The number of hydrogen-bond donors (Lipinski definition) is 2. The minimum Gasteiger partial charge on any atom is -0.490 e. The van der Waals surface area contributed by atoms with Crippen molar-refractivity contribution in [3.05, 3.63) is 149 Å². The highest BCUT2D eigenvalue weighted by Crippen LogP contribution is 2.23. The number of benzene rings is 5. The molecule has 294 valence electrons. The number of para-hydroxylation sites is 1. The van der Waals surface area contributed by atoms with E-state index in [4.69, 9.17) is 44.6 Å². The number of rotatable bonds is 23. The van der Waals surface area contributed by atoms with Crippen molar-refractivity contribution in [1.82, 2.24) is 0 Å². The second kappa shape index (κ2) is 21.9. The number of terminal acetylenes is 1. The van der Waals surface area contributed by atoms with E-state index in [1.54, 1.807) is 48.5 Å². The number of carbonyl (C=O) groups is 3. The third-order valence-corrected chi connectivity index (χ3v) is 8.16. The molecule has 5 aromatic carbocycles. The Morgan fingerprint density at radius 2 is 1.11 bits per heavy atom. The molecule has 0 fully saturated rings. The lowest BCUT2D eigenvalue weighted by Crippen LogP contribution is -2.14. The van der Waals surface area contributed by atoms with Crippen molar-refractivity contribution in [2.75, 3.05) is 39.6 Å². The Morgan fingerprint density at radius 3 is 1.72 bits per heavy atom. The summed E-state index contributed by atoms with van der Waals surface area (Å²) in [4.78, 5) is 46.9. The zero-order valence-corrected chi connectivity index (χ0v) is 30.8. The van der Waals surface area contributed by atoms with Crippen molar-refractivity contribution >= 4 is 17.9 Å². The van der Waals surface area contributed by atoms with E-state index in [2.05, 4.69) is 0 Å². The Kier molecular flexibility index (Phi) is 15.9. The first-order valence-electron chi connectivity index (χ1n) is 17.8. The highest BCUT2D eigenvalue weighted by atomic mass is 17.2. The van der Waals surface area contributed by atoms with Gasteiger partial charge in [-0.15, -0.1) is 0 Å². The quantitative estimate of drug-likeness (QED) is 0.0173. The van der Waals surface area contributed by atoms with E-state index in [9.17, 15) is 24.6 Å². The summed E-state index contributed by atoms with van der Waals surface area (Å²) < 4.78 is 32.9. The summed E-state index contributed by atoms with van der Waals surface area (Å²) in [6.07, 6.45) is 8.34. The maximum absolute atomic E-state index is 12.6. The van der Waals surface area contributed by atoms with E-state index in [0.717, 1.165) is 22.9 Å². The predicted octanol–water partition coefficient (Wildman–Crippen LogP) is 7.06. The molecule has 0 spiro atoms. The number of carbonyl (C=O) groups excluding carboxylic acids is 1. The molecule has 13 nitrogen and oxygen atoms in total. The van der Waals surface area contributed by atoms with Crippen molar-refractivity contribution in [3.63, 3.8) is 0 Å². The van der Waals surface area contributed by atoms with Crippen LogP contribution in [-0.2, 0) is 33.8 Å². The first kappa shape index (κ1) is 41.3. The zero-order chi connectivity index (χ0) is 40.2. The lowest BCUT2D eigenvalue weighted by atomic mass is 10.1. The van der Waals surface area contributed by atoms with Crippen LogP contribution in [0, 0.1) is 12.5 Å². The SMILES string of the molecule is C#COc1ccc(C(=O)Oc2ccc(CCOCCOCCc3ccc(OOCc4ccc(OCCOc5ccccc5)cc4C(=O)O)cc3)cc2)c(C(=O)O)c1. The van der Waals surface area contributed by atoms with E-state index < -0.39 is 17.9 Å². The van der Waals surface area contributed by atoms with Crippen LogP contribution >= 0.6 is 0 Å². The van der Waals surface area contributed by atoms with Gasteiger partial charge in [0.05, 0.1) is 43.1 Å². The minimum absolute atomic E-state index is 0.0476. The van der Waals surface area contributed by atoms with Crippen LogP contribution in [0.15, 0.2) is 115 Å². The minimum atomic E-state index is -1.32. The van der Waals surface area contributed by atoms with E-state index >= 15 is 0 Å². The standard InChI is InChI=1S/C44H40O13/c1-2-52-37-18-19-39(41(29-37)43(47)48)44(49)56-35-13-8-31(9-14-35)20-22-50-24-25-51-23-21-32-10-15-36(16-11-32)57-55-30-33-12-17-38(28-40(33)42(45)46)54-27-26-53-34-6-4-3-5-7-34/h1,3-19,28-29H,20-27,30H2,(H,45,46)(H,47,48). The molecule has 5 aromatic rings. The Hall–Kier alpha value is -6.85. The van der Waals surface area contributed by atoms with Crippen LogP contribution in [-0.4, -0.2) is 67.8 Å². The molecule has 0 atom stereocenters. The van der Waals surface area contributed by atoms with Gasteiger partial charge in [0, 0.05) is 0 Å². The molecule has 0 bridgehead atoms. The van der Waals surface area contributed by atoms with Crippen LogP contribution in [0.5, 0.6) is 28.7 Å². The third kappa shape index (κ3) is 13.4. The summed E-state index contributed by atoms with van der Waals surface area (Å²) in [5.41, 5.74) is 2.04. The fourth-order valence-electron chi connectivity index (χ4n) is 5.28. The summed E-state index contributed by atoms with van der Waals surface area (Å²) in [7, 11) is 0. The van der Waals surface area contributed by atoms with Gasteiger partial charge in [-0.1, -0.05) is 55.0 Å². The van der Waals surface area contributed by atoms with Gasteiger partial charge in [-0.2, -0.15) is 4.89 Å². The fraction of sp³-hybridized carbons (Fsp3) is 0.205. The molecule has 0 aliphatic rings. The van der Waals surface area contributed by atoms with Crippen molar-refractivity contribution < 1.29 is 62.8 Å².